The first kappa shape index (κ1) is 30.1. The van der Waals surface area contributed by atoms with Gasteiger partial charge in [-0.1, -0.05) is 0 Å². The number of nitrogens with one attached hydrogen (secondary N) is 1. The van der Waals surface area contributed by atoms with Crippen LogP contribution in [0.5, 0.6) is 0 Å². The summed E-state index contributed by atoms with van der Waals surface area (Å²) in [5.41, 5.74) is -5.45. The molecular weight excluding hydrogens is 570 g/mol. The van der Waals surface area contributed by atoms with Crippen molar-refractivity contribution in [2.45, 2.75) is 76.2 Å². The van der Waals surface area contributed by atoms with Crippen molar-refractivity contribution in [1.82, 2.24) is 9.55 Å². The van der Waals surface area contributed by atoms with Crippen molar-refractivity contribution in [2.24, 2.45) is 0 Å². The fourth-order valence-electron chi connectivity index (χ4n) is 4.34. The molecule has 1 unspecified atom stereocenters. The van der Waals surface area contributed by atoms with Crippen LogP contribution in [0.25, 0.3) is 0 Å². The van der Waals surface area contributed by atoms with Crippen LogP contribution >= 0.6 is 7.82 Å². The standard InChI is InChI=1S/C21H28FN2O15P/c1-11(2)36-17(27)30-8-34-40(29,35-9-31-18(28)37-12(3)4)39-14-20-19(5,32-10-33-20)15(38-21(14,20)22)24-7-6-13(25)23-16(24)26/h6-7,11-12,14-15H,8-10H2,1-5H3,(H,23,25,26)/t14?,15-,19+,20+,21-/m1/s1. The molecule has 1 aromatic heterocycles. The number of hydrogen-bond acceptors (Lipinski definition) is 15. The highest BCUT2D eigenvalue weighted by Crippen LogP contribution is 2.76. The van der Waals surface area contributed by atoms with Crippen molar-refractivity contribution in [2.75, 3.05) is 20.4 Å². The lowest BCUT2D eigenvalue weighted by atomic mass is 9.95. The molecule has 3 aliphatic rings. The Bertz CT molecular complexity index is 1270. The van der Waals surface area contributed by atoms with Gasteiger partial charge in [0.1, 0.15) is 6.79 Å². The predicted octanol–water partition coefficient (Wildman–Crippen LogP) is 1.81. The van der Waals surface area contributed by atoms with Gasteiger partial charge in [-0.3, -0.25) is 18.9 Å². The number of phosphoric ester groups is 1. The van der Waals surface area contributed by atoms with Gasteiger partial charge in [-0.2, -0.15) is 0 Å². The van der Waals surface area contributed by atoms with Crippen LogP contribution in [0, 0.1) is 0 Å². The first-order chi connectivity index (χ1) is 18.7. The molecule has 3 heterocycles. The van der Waals surface area contributed by atoms with E-state index < -0.39 is 93.4 Å². The number of halogens is 1. The number of aromatic amines is 1. The maximum atomic E-state index is 16.2. The van der Waals surface area contributed by atoms with Crippen molar-refractivity contribution >= 4 is 20.1 Å². The maximum absolute atomic E-state index is 16.2. The van der Waals surface area contributed by atoms with Crippen LogP contribution in [0.3, 0.4) is 0 Å². The van der Waals surface area contributed by atoms with Crippen molar-refractivity contribution in [3.05, 3.63) is 33.1 Å². The second-order valence-electron chi connectivity index (χ2n) is 9.43. The maximum Gasteiger partial charge on any atom is 0.510 e. The molecule has 224 valence electrons. The van der Waals surface area contributed by atoms with Gasteiger partial charge in [-0.05, 0) is 34.6 Å². The Kier molecular flexibility index (Phi) is 8.16. The number of nitrogens with zero attached hydrogens (tertiary/aromatic N) is 1. The molecule has 17 nitrogen and oxygen atoms in total. The molecule has 4 rings (SSSR count). The van der Waals surface area contributed by atoms with Gasteiger partial charge in [0.2, 0.25) is 13.6 Å². The number of H-pyrrole nitrogens is 1. The first-order valence-corrected chi connectivity index (χ1v) is 13.3. The predicted molar refractivity (Wildman–Crippen MR) is 123 cm³/mol. The molecule has 2 aliphatic heterocycles. The zero-order valence-corrected chi connectivity index (χ0v) is 22.9. The number of rotatable bonds is 11. The van der Waals surface area contributed by atoms with Gasteiger partial charge in [-0.25, -0.2) is 32.4 Å². The van der Waals surface area contributed by atoms with E-state index in [4.69, 9.17) is 37.3 Å². The Morgan fingerprint density at radius 1 is 1.10 bits per heavy atom. The second-order valence-corrected chi connectivity index (χ2v) is 11.1. The number of aromatic nitrogens is 2. The summed E-state index contributed by atoms with van der Waals surface area (Å²) < 4.78 is 81.3. The average Bonchev–Trinajstić information content (AvgIpc) is 3.05. The summed E-state index contributed by atoms with van der Waals surface area (Å²) in [5.74, 6) is -2.87. The fraction of sp³-hybridized carbons (Fsp3) is 0.714. The van der Waals surface area contributed by atoms with Gasteiger partial charge in [0.05, 0.1) is 12.2 Å². The second kappa shape index (κ2) is 10.8. The van der Waals surface area contributed by atoms with Gasteiger partial charge in [0.15, 0.2) is 23.5 Å². The minimum absolute atomic E-state index is 0.472. The fourth-order valence-corrected chi connectivity index (χ4v) is 5.44. The molecule has 0 amide bonds. The van der Waals surface area contributed by atoms with Crippen molar-refractivity contribution < 1.29 is 65.3 Å². The third-order valence-corrected chi connectivity index (χ3v) is 7.36. The topological polar surface area (TPSA) is 198 Å². The minimum atomic E-state index is -4.92. The zero-order valence-electron chi connectivity index (χ0n) is 22.0. The molecule has 0 aromatic carbocycles. The number of phosphoric acid groups is 1. The van der Waals surface area contributed by atoms with E-state index in [0.29, 0.717) is 0 Å². The summed E-state index contributed by atoms with van der Waals surface area (Å²) >= 11 is 0. The van der Waals surface area contributed by atoms with Crippen LogP contribution in [-0.4, -0.2) is 77.6 Å². The lowest BCUT2D eigenvalue weighted by Gasteiger charge is -2.32. The summed E-state index contributed by atoms with van der Waals surface area (Å²) in [5, 5.41) is 0. The lowest BCUT2D eigenvalue weighted by Crippen LogP contribution is -2.49. The van der Waals surface area contributed by atoms with Crippen molar-refractivity contribution in [1.29, 1.82) is 0 Å². The van der Waals surface area contributed by atoms with E-state index in [9.17, 15) is 23.7 Å². The summed E-state index contributed by atoms with van der Waals surface area (Å²) in [4.78, 5) is 49.2. The number of alkyl halides is 1. The molecule has 0 bridgehead atoms. The van der Waals surface area contributed by atoms with E-state index >= 15 is 4.39 Å². The Balaban J connectivity index is 1.52. The summed E-state index contributed by atoms with van der Waals surface area (Å²) in [6, 6.07) is 1.02. The molecule has 3 fully saturated rings. The van der Waals surface area contributed by atoms with E-state index in [2.05, 4.69) is 9.47 Å². The third-order valence-electron chi connectivity index (χ3n) is 6.04. The van der Waals surface area contributed by atoms with Crippen LogP contribution < -0.4 is 11.2 Å². The van der Waals surface area contributed by atoms with E-state index in [1.807, 2.05) is 4.98 Å². The van der Waals surface area contributed by atoms with Crippen molar-refractivity contribution in [3.63, 3.8) is 0 Å². The summed E-state index contributed by atoms with van der Waals surface area (Å²) in [7, 11) is -4.92. The normalized spacial score (nSPS) is 30.6. The highest BCUT2D eigenvalue weighted by atomic mass is 31.2. The Hall–Kier alpha value is -2.86. The average molecular weight is 598 g/mol. The summed E-state index contributed by atoms with van der Waals surface area (Å²) in [6.45, 7) is 5.01. The van der Waals surface area contributed by atoms with Crippen LogP contribution in [-0.2, 0) is 51.3 Å². The minimum Gasteiger partial charge on any atom is -0.432 e. The molecule has 1 aromatic rings. The number of carbonyl (C=O) groups is 2. The van der Waals surface area contributed by atoms with E-state index in [1.165, 1.54) is 6.92 Å². The molecule has 0 radical (unpaired) electrons. The molecule has 1 saturated carbocycles. The molecule has 5 atom stereocenters. The quantitative estimate of drug-likeness (QED) is 0.220. The van der Waals surface area contributed by atoms with E-state index in [1.54, 1.807) is 27.7 Å². The first-order valence-electron chi connectivity index (χ1n) is 11.9. The smallest absolute Gasteiger partial charge is 0.432 e. The highest BCUT2D eigenvalue weighted by molar-refractivity contribution is 7.48. The number of carbonyl (C=O) groups excluding carboxylic acids is 2. The van der Waals surface area contributed by atoms with Gasteiger partial charge in [0.25, 0.3) is 11.4 Å². The molecule has 1 spiro atoms. The summed E-state index contributed by atoms with van der Waals surface area (Å²) in [6.07, 6.45) is -5.65. The zero-order chi connectivity index (χ0) is 29.5. The van der Waals surface area contributed by atoms with Crippen molar-refractivity contribution in [3.8, 4) is 0 Å². The molecule has 2 saturated heterocycles. The lowest BCUT2D eigenvalue weighted by molar-refractivity contribution is -0.190. The van der Waals surface area contributed by atoms with Crippen LogP contribution in [0.4, 0.5) is 14.0 Å². The van der Waals surface area contributed by atoms with Gasteiger partial charge >= 0.3 is 25.8 Å². The molecule has 1 aliphatic carbocycles. The van der Waals surface area contributed by atoms with Gasteiger partial charge in [0, 0.05) is 12.3 Å². The number of ether oxygens (including phenoxy) is 7. The molecule has 40 heavy (non-hydrogen) atoms. The van der Waals surface area contributed by atoms with Crippen LogP contribution in [0.1, 0.15) is 40.8 Å². The Morgan fingerprint density at radius 2 is 1.68 bits per heavy atom. The Labute approximate surface area is 225 Å². The highest BCUT2D eigenvalue weighted by Gasteiger charge is 2.99. The molecular formula is C21H28FN2O15P. The van der Waals surface area contributed by atoms with E-state index in [-0.39, 0.29) is 0 Å². The van der Waals surface area contributed by atoms with Gasteiger partial charge < -0.3 is 33.2 Å². The Morgan fingerprint density at radius 3 is 2.20 bits per heavy atom. The van der Waals surface area contributed by atoms with Gasteiger partial charge in [-0.15, -0.1) is 0 Å². The van der Waals surface area contributed by atoms with Crippen LogP contribution in [0.15, 0.2) is 21.9 Å². The van der Waals surface area contributed by atoms with Crippen LogP contribution in [0.2, 0.25) is 0 Å². The largest absolute Gasteiger partial charge is 0.510 e. The molecule has 19 heteroatoms. The third kappa shape index (κ3) is 5.27. The van der Waals surface area contributed by atoms with E-state index in [0.717, 1.165) is 16.8 Å². The SMILES string of the molecule is CC(C)OC(=O)OCOP(=O)(OCOC(=O)OC(C)C)OC1[C@]23OCO[C@@]2(C)[C@H](n2ccc(=O)[nH]c2=O)O[C@]13F. The number of hydrogen-bond donors (Lipinski definition) is 1. The monoisotopic (exact) mass is 598 g/mol. The molecule has 1 N–H and O–H groups in total.